The highest BCUT2D eigenvalue weighted by Crippen LogP contribution is 2.37. The number of hydrogen-bond donors (Lipinski definition) is 2. The molecule has 0 spiro atoms. The Bertz CT molecular complexity index is 819. The lowest BCUT2D eigenvalue weighted by Crippen LogP contribution is -2.24. The highest BCUT2D eigenvalue weighted by molar-refractivity contribution is 6.04. The molecule has 0 saturated heterocycles. The van der Waals surface area contributed by atoms with Crippen LogP contribution in [0.5, 0.6) is 5.75 Å². The van der Waals surface area contributed by atoms with Gasteiger partial charge in [0.25, 0.3) is 0 Å². The fourth-order valence-electron chi connectivity index (χ4n) is 3.24. The number of benzene rings is 1. The summed E-state index contributed by atoms with van der Waals surface area (Å²) in [5.74, 6) is 1.04. The van der Waals surface area contributed by atoms with E-state index < -0.39 is 0 Å². The van der Waals surface area contributed by atoms with E-state index in [-0.39, 0.29) is 36.7 Å². The first-order valence-electron chi connectivity index (χ1n) is 7.83. The molecule has 1 aliphatic carbocycles. The molecule has 1 aromatic heterocycles. The predicted octanol–water partition coefficient (Wildman–Crippen LogP) is 2.95. The summed E-state index contributed by atoms with van der Waals surface area (Å²) in [6, 6.07) is 10.0. The van der Waals surface area contributed by atoms with Crippen LogP contribution in [0.4, 0.5) is 0 Å². The summed E-state index contributed by atoms with van der Waals surface area (Å²) >= 11 is 0. The van der Waals surface area contributed by atoms with Gasteiger partial charge in [-0.2, -0.15) is 5.10 Å². The molecule has 1 unspecified atom stereocenters. The summed E-state index contributed by atoms with van der Waals surface area (Å²) in [4.78, 5) is 4.56. The van der Waals surface area contributed by atoms with Crippen molar-refractivity contribution in [2.45, 2.75) is 25.7 Å². The highest BCUT2D eigenvalue weighted by Gasteiger charge is 2.28. The molecule has 1 atom stereocenters. The Kier molecular flexibility index (Phi) is 7.86. The first kappa shape index (κ1) is 21.7. The van der Waals surface area contributed by atoms with Crippen LogP contribution < -0.4 is 16.2 Å². The average Bonchev–Trinajstić information content (AvgIpc) is 2.59. The third-order valence-corrected chi connectivity index (χ3v) is 4.27. The van der Waals surface area contributed by atoms with Gasteiger partial charge in [0.2, 0.25) is 5.96 Å². The molecule has 0 saturated carbocycles. The van der Waals surface area contributed by atoms with Crippen molar-refractivity contribution in [1.29, 1.82) is 0 Å². The van der Waals surface area contributed by atoms with Crippen molar-refractivity contribution in [3.63, 3.8) is 0 Å². The van der Waals surface area contributed by atoms with E-state index in [1.54, 1.807) is 7.11 Å². The number of ether oxygens (including phenoxy) is 1. The van der Waals surface area contributed by atoms with Gasteiger partial charge in [-0.15, -0.1) is 29.9 Å². The quantitative estimate of drug-likeness (QED) is 0.473. The van der Waals surface area contributed by atoms with Crippen molar-refractivity contribution in [1.82, 2.24) is 4.98 Å². The van der Waals surface area contributed by atoms with E-state index in [1.165, 1.54) is 0 Å². The van der Waals surface area contributed by atoms with Crippen LogP contribution in [0.15, 0.2) is 46.7 Å². The van der Waals surface area contributed by atoms with Crippen LogP contribution in [0.1, 0.15) is 34.7 Å². The van der Waals surface area contributed by atoms with E-state index in [0.29, 0.717) is 0 Å². The molecule has 0 radical (unpaired) electrons. The maximum absolute atomic E-state index is 5.52. The zero-order valence-corrected chi connectivity index (χ0v) is 16.3. The Hall–Kier alpha value is -2.31. The van der Waals surface area contributed by atoms with Gasteiger partial charge in [0.15, 0.2) is 0 Å². The van der Waals surface area contributed by atoms with Crippen LogP contribution in [-0.4, -0.2) is 23.8 Å². The summed E-state index contributed by atoms with van der Waals surface area (Å²) < 4.78 is 5.52. The molecular weight excluding hydrogens is 373 g/mol. The van der Waals surface area contributed by atoms with E-state index in [9.17, 15) is 0 Å². The van der Waals surface area contributed by atoms with Crippen LogP contribution in [0.25, 0.3) is 0 Å². The smallest absolute Gasteiger partial charge is 0.211 e. The Balaban J connectivity index is 0.00000169. The Labute approximate surface area is 165 Å². The monoisotopic (exact) mass is 395 g/mol. The van der Waals surface area contributed by atoms with Crippen LogP contribution in [0.2, 0.25) is 0 Å². The fraction of sp³-hybridized carbons (Fsp3) is 0.278. The largest absolute Gasteiger partial charge is 0.496 e. The lowest BCUT2D eigenvalue weighted by atomic mass is 9.79. The molecule has 0 amide bonds. The summed E-state index contributed by atoms with van der Waals surface area (Å²) in [5.41, 5.74) is 16.1. The number of methoxy groups -OCH3 is 1. The number of nitrogens with two attached hydrogens (primary N) is 2. The Morgan fingerprint density at radius 3 is 2.58 bits per heavy atom. The maximum Gasteiger partial charge on any atom is 0.211 e. The van der Waals surface area contributed by atoms with Gasteiger partial charge < -0.3 is 16.2 Å². The minimum atomic E-state index is -0.0509. The van der Waals surface area contributed by atoms with Gasteiger partial charge in [0.05, 0.1) is 18.5 Å². The lowest BCUT2D eigenvalue weighted by molar-refractivity contribution is 0.405. The highest BCUT2D eigenvalue weighted by atomic mass is 35.5. The van der Waals surface area contributed by atoms with Gasteiger partial charge in [0.1, 0.15) is 5.75 Å². The van der Waals surface area contributed by atoms with Crippen molar-refractivity contribution in [3.8, 4) is 5.75 Å². The van der Waals surface area contributed by atoms with Gasteiger partial charge in [-0.3, -0.25) is 4.98 Å². The van der Waals surface area contributed by atoms with E-state index >= 15 is 0 Å². The zero-order chi connectivity index (χ0) is 17.1. The Morgan fingerprint density at radius 2 is 1.88 bits per heavy atom. The number of para-hydroxylation sites is 1. The first-order chi connectivity index (χ1) is 11.6. The number of nitrogens with zero attached hydrogens (tertiary/aromatic N) is 3. The van der Waals surface area contributed by atoms with Crippen LogP contribution >= 0.6 is 24.8 Å². The van der Waals surface area contributed by atoms with Crippen molar-refractivity contribution in [2.75, 3.05) is 7.11 Å². The predicted molar refractivity (Wildman–Crippen MR) is 110 cm³/mol. The van der Waals surface area contributed by atoms with Crippen LogP contribution in [0.3, 0.4) is 0 Å². The van der Waals surface area contributed by atoms with Crippen LogP contribution in [0, 0.1) is 6.92 Å². The molecule has 0 fully saturated rings. The molecule has 140 valence electrons. The van der Waals surface area contributed by atoms with Crippen molar-refractivity contribution in [3.05, 3.63) is 58.9 Å². The van der Waals surface area contributed by atoms with E-state index in [1.807, 2.05) is 30.5 Å². The second kappa shape index (κ2) is 9.40. The standard InChI is InChI=1S/C18H21N5O.2ClH/c1-11-7-8-21-14-9-12(13-5-3-4-6-16(13)24-2)10-15(17(11)14)22-23-18(19)20;;/h3-8,12H,9-10H2,1-2H3,(H4,19,20,23);2*1H/b22-15+;;. The van der Waals surface area contributed by atoms with Gasteiger partial charge in [-0.05, 0) is 48.9 Å². The van der Waals surface area contributed by atoms with Crippen molar-refractivity contribution in [2.24, 2.45) is 21.7 Å². The Morgan fingerprint density at radius 1 is 1.15 bits per heavy atom. The number of rotatable bonds is 3. The van der Waals surface area contributed by atoms with Gasteiger partial charge in [0, 0.05) is 11.8 Å². The van der Waals surface area contributed by atoms with Crippen molar-refractivity contribution < 1.29 is 4.74 Å². The summed E-state index contributed by atoms with van der Waals surface area (Å²) in [6.07, 6.45) is 3.39. The number of hydrogen-bond acceptors (Lipinski definition) is 4. The normalized spacial score (nSPS) is 16.7. The third-order valence-electron chi connectivity index (χ3n) is 4.27. The molecule has 1 aliphatic rings. The minimum absolute atomic E-state index is 0. The number of aryl methyl sites for hydroxylation is 1. The summed E-state index contributed by atoms with van der Waals surface area (Å²) in [7, 11) is 1.69. The topological polar surface area (TPSA) is 98.9 Å². The average molecular weight is 396 g/mol. The van der Waals surface area contributed by atoms with Crippen molar-refractivity contribution >= 4 is 36.5 Å². The second-order valence-corrected chi connectivity index (χ2v) is 5.87. The van der Waals surface area contributed by atoms with E-state index in [2.05, 4.69) is 28.2 Å². The molecule has 2 aromatic rings. The molecule has 1 heterocycles. The molecule has 3 rings (SSSR count). The summed E-state index contributed by atoms with van der Waals surface area (Å²) in [6.45, 7) is 2.05. The third kappa shape index (κ3) is 4.45. The van der Waals surface area contributed by atoms with E-state index in [0.717, 1.165) is 46.7 Å². The molecule has 0 bridgehead atoms. The molecule has 1 aromatic carbocycles. The molecule has 4 N–H and O–H groups in total. The second-order valence-electron chi connectivity index (χ2n) is 5.87. The van der Waals surface area contributed by atoms with E-state index in [4.69, 9.17) is 16.2 Å². The number of fused-ring (bicyclic) bond motifs is 1. The number of pyridine rings is 1. The van der Waals surface area contributed by atoms with Gasteiger partial charge in [-0.1, -0.05) is 18.2 Å². The molecule has 8 heteroatoms. The summed E-state index contributed by atoms with van der Waals surface area (Å²) in [5, 5.41) is 8.15. The molecular formula is C18H23Cl2N5O. The number of aromatic nitrogens is 1. The van der Waals surface area contributed by atoms with Gasteiger partial charge in [-0.25, -0.2) is 0 Å². The molecule has 26 heavy (non-hydrogen) atoms. The number of halogens is 2. The lowest BCUT2D eigenvalue weighted by Gasteiger charge is -2.27. The molecule has 6 nitrogen and oxygen atoms in total. The fourth-order valence-corrected chi connectivity index (χ4v) is 3.24. The zero-order valence-electron chi connectivity index (χ0n) is 14.7. The van der Waals surface area contributed by atoms with Gasteiger partial charge >= 0.3 is 0 Å². The number of guanidine groups is 1. The van der Waals surface area contributed by atoms with Crippen LogP contribution in [-0.2, 0) is 6.42 Å². The first-order valence-corrected chi connectivity index (χ1v) is 7.83. The molecule has 0 aliphatic heterocycles. The SMILES string of the molecule is COc1ccccc1C1C/C(=N\N=C(N)N)c2c(C)ccnc2C1.Cl.Cl. The minimum Gasteiger partial charge on any atom is -0.496 e. The maximum atomic E-state index is 5.52.